The average molecular weight is 697 g/mol. The lowest BCUT2D eigenvalue weighted by atomic mass is 9.73. The number of carbonyl (C=O) groups is 2. The fraction of sp³-hybridized carbons (Fsp3) is 0.317. The summed E-state index contributed by atoms with van der Waals surface area (Å²) in [4.78, 5) is 47.5. The number of anilines is 3. The molecule has 1 aliphatic carbocycles. The lowest BCUT2D eigenvalue weighted by molar-refractivity contribution is -0.000510. The van der Waals surface area contributed by atoms with Crippen LogP contribution in [0, 0.1) is 19.3 Å². The Morgan fingerprint density at radius 2 is 1.80 bits per heavy atom. The first-order valence-electron chi connectivity index (χ1n) is 17.9. The van der Waals surface area contributed by atoms with E-state index in [9.17, 15) is 9.59 Å². The number of nitrogens with zero attached hydrogens (tertiary/aromatic N) is 4. The number of H-pyrrole nitrogens is 1. The molecule has 0 radical (unpaired) electrons. The predicted octanol–water partition coefficient (Wildman–Crippen LogP) is 7.85. The SMILES string of the molecule is Cc1cnc(N2CC3(CCOCC3)C2)c(C(=O)Nc2ccc(C(=O)N3CCc4c(sc(-c5nc6c([nH]5)C=CCC6)c4C)-c4ccccc43)cc2)c1. The van der Waals surface area contributed by atoms with E-state index in [1.54, 1.807) is 23.5 Å². The highest BCUT2D eigenvalue weighted by molar-refractivity contribution is 7.19. The zero-order valence-electron chi connectivity index (χ0n) is 28.9. The van der Waals surface area contributed by atoms with Gasteiger partial charge in [-0.05, 0) is 105 Å². The van der Waals surface area contributed by atoms with Crippen molar-refractivity contribution in [3.8, 4) is 21.1 Å². The molecule has 9 nitrogen and oxygen atoms in total. The van der Waals surface area contributed by atoms with Gasteiger partial charge in [0.25, 0.3) is 11.8 Å². The molecule has 2 fully saturated rings. The van der Waals surface area contributed by atoms with Gasteiger partial charge in [0.2, 0.25) is 0 Å². The van der Waals surface area contributed by atoms with Crippen LogP contribution in [0.15, 0.2) is 66.9 Å². The highest BCUT2D eigenvalue weighted by Crippen LogP contribution is 2.47. The van der Waals surface area contributed by atoms with Crippen molar-refractivity contribution in [2.75, 3.05) is 48.0 Å². The van der Waals surface area contributed by atoms with Crippen molar-refractivity contribution in [1.29, 1.82) is 0 Å². The number of ether oxygens (including phenoxy) is 1. The quantitative estimate of drug-likeness (QED) is 0.194. The summed E-state index contributed by atoms with van der Waals surface area (Å²) in [5.41, 5.74) is 9.65. The molecule has 2 saturated heterocycles. The lowest BCUT2D eigenvalue weighted by Gasteiger charge is -2.53. The van der Waals surface area contributed by atoms with E-state index in [1.807, 2.05) is 54.4 Å². The molecule has 0 saturated carbocycles. The number of hydrogen-bond acceptors (Lipinski definition) is 7. The molecule has 9 rings (SSSR count). The number of allylic oxidation sites excluding steroid dienone is 1. The second-order valence-electron chi connectivity index (χ2n) is 14.4. The first kappa shape index (κ1) is 31.9. The van der Waals surface area contributed by atoms with Crippen LogP contribution in [0.3, 0.4) is 0 Å². The number of aromatic nitrogens is 3. The molecule has 258 valence electrons. The van der Waals surface area contributed by atoms with Crippen LogP contribution < -0.4 is 15.1 Å². The highest BCUT2D eigenvalue weighted by atomic mass is 32.1. The Hall–Kier alpha value is -5.06. The third-order valence-corrected chi connectivity index (χ3v) is 12.3. The van der Waals surface area contributed by atoms with Crippen molar-refractivity contribution in [3.63, 3.8) is 0 Å². The Bertz CT molecular complexity index is 2200. The minimum atomic E-state index is -0.207. The molecule has 0 bridgehead atoms. The molecule has 10 heteroatoms. The van der Waals surface area contributed by atoms with Gasteiger partial charge >= 0.3 is 0 Å². The monoisotopic (exact) mass is 696 g/mol. The van der Waals surface area contributed by atoms with Crippen molar-refractivity contribution >= 4 is 46.4 Å². The van der Waals surface area contributed by atoms with Crippen LogP contribution in [0.4, 0.5) is 17.2 Å². The Labute approximate surface area is 301 Å². The van der Waals surface area contributed by atoms with Crippen LogP contribution in [-0.2, 0) is 17.6 Å². The van der Waals surface area contributed by atoms with E-state index in [-0.39, 0.29) is 17.2 Å². The number of aromatic amines is 1. The van der Waals surface area contributed by atoms with Gasteiger partial charge in [0, 0.05) is 66.2 Å². The summed E-state index contributed by atoms with van der Waals surface area (Å²) in [6.07, 6.45) is 11.0. The van der Waals surface area contributed by atoms with Crippen molar-refractivity contribution in [1.82, 2.24) is 15.0 Å². The largest absolute Gasteiger partial charge is 0.381 e. The number of para-hydroxylation sites is 1. The van der Waals surface area contributed by atoms with E-state index in [0.29, 0.717) is 23.4 Å². The van der Waals surface area contributed by atoms with Crippen LogP contribution in [0.2, 0.25) is 0 Å². The van der Waals surface area contributed by atoms with Gasteiger partial charge in [-0.15, -0.1) is 11.3 Å². The fourth-order valence-electron chi connectivity index (χ4n) is 8.09. The summed E-state index contributed by atoms with van der Waals surface area (Å²) < 4.78 is 5.58. The minimum Gasteiger partial charge on any atom is -0.381 e. The van der Waals surface area contributed by atoms with Gasteiger partial charge in [-0.25, -0.2) is 9.97 Å². The molecule has 1 spiro atoms. The van der Waals surface area contributed by atoms with Crippen LogP contribution in [-0.4, -0.2) is 59.6 Å². The van der Waals surface area contributed by atoms with Gasteiger partial charge in [0.1, 0.15) is 11.6 Å². The fourth-order valence-corrected chi connectivity index (χ4v) is 9.43. The molecule has 6 heterocycles. The normalized spacial score (nSPS) is 17.3. The first-order chi connectivity index (χ1) is 24.9. The van der Waals surface area contributed by atoms with E-state index in [1.165, 1.54) is 16.0 Å². The molecular formula is C41H40N6O3S. The Morgan fingerprint density at radius 3 is 2.61 bits per heavy atom. The number of carbonyl (C=O) groups excluding carboxylic acids is 2. The van der Waals surface area contributed by atoms with Crippen molar-refractivity contribution in [2.24, 2.45) is 5.41 Å². The number of imidazole rings is 1. The maximum absolute atomic E-state index is 14.2. The van der Waals surface area contributed by atoms with Crippen molar-refractivity contribution < 1.29 is 14.3 Å². The van der Waals surface area contributed by atoms with Gasteiger partial charge < -0.3 is 24.8 Å². The van der Waals surface area contributed by atoms with Crippen LogP contribution in [0.25, 0.3) is 27.2 Å². The number of thiophene rings is 1. The van der Waals surface area contributed by atoms with E-state index in [2.05, 4.69) is 45.3 Å². The molecule has 0 atom stereocenters. The second kappa shape index (κ2) is 12.6. The number of rotatable bonds is 5. The average Bonchev–Trinajstić information content (AvgIpc) is 3.67. The summed E-state index contributed by atoms with van der Waals surface area (Å²) in [6.45, 7) is 8.07. The molecule has 5 aromatic rings. The number of hydrogen-bond donors (Lipinski definition) is 2. The molecule has 51 heavy (non-hydrogen) atoms. The number of nitrogens with one attached hydrogen (secondary N) is 2. The molecular weight excluding hydrogens is 657 g/mol. The van der Waals surface area contributed by atoms with Crippen LogP contribution in [0.5, 0.6) is 0 Å². The lowest BCUT2D eigenvalue weighted by Crippen LogP contribution is -2.59. The predicted molar refractivity (Wildman–Crippen MR) is 203 cm³/mol. The van der Waals surface area contributed by atoms with Crippen molar-refractivity contribution in [2.45, 2.75) is 46.0 Å². The van der Waals surface area contributed by atoms with Gasteiger partial charge in [0.05, 0.1) is 27.5 Å². The van der Waals surface area contributed by atoms with E-state index < -0.39 is 0 Å². The molecule has 2 amide bonds. The number of benzene rings is 2. The zero-order valence-corrected chi connectivity index (χ0v) is 29.7. The molecule has 4 aliphatic rings. The van der Waals surface area contributed by atoms with E-state index in [0.717, 1.165) is 103 Å². The third kappa shape index (κ3) is 5.67. The second-order valence-corrected chi connectivity index (χ2v) is 15.4. The zero-order chi connectivity index (χ0) is 34.7. The highest BCUT2D eigenvalue weighted by Gasteiger charge is 2.45. The summed E-state index contributed by atoms with van der Waals surface area (Å²) in [6, 6.07) is 17.3. The number of pyridine rings is 1. The Kier molecular flexibility index (Phi) is 7.89. The van der Waals surface area contributed by atoms with E-state index >= 15 is 0 Å². The van der Waals surface area contributed by atoms with Gasteiger partial charge in [-0.3, -0.25) is 9.59 Å². The van der Waals surface area contributed by atoms with Gasteiger partial charge in [-0.1, -0.05) is 24.3 Å². The van der Waals surface area contributed by atoms with Gasteiger partial charge in [-0.2, -0.15) is 0 Å². The first-order valence-corrected chi connectivity index (χ1v) is 18.7. The van der Waals surface area contributed by atoms with Crippen LogP contribution in [0.1, 0.15) is 68.1 Å². The summed E-state index contributed by atoms with van der Waals surface area (Å²) in [7, 11) is 0. The summed E-state index contributed by atoms with van der Waals surface area (Å²) >= 11 is 1.76. The number of aryl methyl sites for hydroxylation is 2. The van der Waals surface area contributed by atoms with Crippen LogP contribution >= 0.6 is 11.3 Å². The van der Waals surface area contributed by atoms with E-state index in [4.69, 9.17) is 9.72 Å². The molecule has 3 aromatic heterocycles. The summed E-state index contributed by atoms with van der Waals surface area (Å²) in [5.74, 6) is 1.38. The Balaban J connectivity index is 0.934. The molecule has 3 aliphatic heterocycles. The number of amides is 2. The smallest absolute Gasteiger partial charge is 0.259 e. The molecule has 2 N–H and O–H groups in total. The minimum absolute atomic E-state index is 0.0659. The molecule has 0 unspecified atom stereocenters. The maximum Gasteiger partial charge on any atom is 0.259 e. The number of fused-ring (bicyclic) bond motifs is 4. The standard InChI is InChI=1S/C41H40N6O3S/c1-25-21-31(38(42-22-25)46-23-41(24-46)16-19-50-20-17-41)39(48)43-28-13-11-27(12-14-28)40(49)47-18-15-29-26(2)35(37-44-32-8-4-5-9-33(32)45-37)51-36(29)30-7-3-6-10-34(30)47/h3-4,6-8,10-14,21-22H,5,9,15-20,23-24H2,1-2H3,(H,43,48)(H,44,45). The summed E-state index contributed by atoms with van der Waals surface area (Å²) in [5, 5.41) is 3.06. The topological polar surface area (TPSA) is 103 Å². The van der Waals surface area contributed by atoms with Crippen molar-refractivity contribution in [3.05, 3.63) is 106 Å². The Morgan fingerprint density at radius 1 is 1.00 bits per heavy atom. The van der Waals surface area contributed by atoms with Gasteiger partial charge in [0.15, 0.2) is 0 Å². The maximum atomic E-state index is 14.2. The molecule has 2 aromatic carbocycles. The third-order valence-electron chi connectivity index (χ3n) is 10.9.